The van der Waals surface area contributed by atoms with Gasteiger partial charge in [0.1, 0.15) is 16.6 Å². The maximum Gasteiger partial charge on any atom is 0.303 e. The molecule has 2 aromatic heterocycles. The van der Waals surface area contributed by atoms with Gasteiger partial charge in [-0.15, -0.1) is 11.8 Å². The molecule has 9 heteroatoms. The Bertz CT molecular complexity index is 1200. The molecule has 36 heavy (non-hydrogen) atoms. The topological polar surface area (TPSA) is 75.5 Å². The molecule has 192 valence electrons. The summed E-state index contributed by atoms with van der Waals surface area (Å²) >= 11 is 1.38. The van der Waals surface area contributed by atoms with Gasteiger partial charge in [0.25, 0.3) is 0 Å². The summed E-state index contributed by atoms with van der Waals surface area (Å²) in [5, 5.41) is 10.6. The molecule has 1 aliphatic heterocycles. The number of carboxylic acids is 1. The van der Waals surface area contributed by atoms with E-state index in [1.807, 2.05) is 18.2 Å². The highest BCUT2D eigenvalue weighted by atomic mass is 32.2. The highest BCUT2D eigenvalue weighted by molar-refractivity contribution is 7.99. The smallest absolute Gasteiger partial charge is 0.303 e. The summed E-state index contributed by atoms with van der Waals surface area (Å²) in [6.07, 6.45) is 6.03. The molecule has 0 spiro atoms. The van der Waals surface area contributed by atoms with Crippen LogP contribution < -0.4 is 4.74 Å². The molecular formula is C27H31F2N3O3S. The fraction of sp³-hybridized carbons (Fsp3) is 0.444. The summed E-state index contributed by atoms with van der Waals surface area (Å²) in [6, 6.07) is 8.44. The highest BCUT2D eigenvalue weighted by Crippen LogP contribution is 2.32. The Balaban J connectivity index is 1.34. The van der Waals surface area contributed by atoms with Gasteiger partial charge in [-0.25, -0.2) is 13.8 Å². The third-order valence-corrected chi connectivity index (χ3v) is 7.88. The number of hydrogen-bond acceptors (Lipinski definition) is 6. The number of piperidine rings is 1. The van der Waals surface area contributed by atoms with E-state index < -0.39 is 5.97 Å². The predicted octanol–water partition coefficient (Wildman–Crippen LogP) is 5.44. The number of carboxylic acid groups (broad SMARTS) is 1. The Morgan fingerprint density at radius 3 is 2.86 bits per heavy atom. The normalized spacial score (nSPS) is 18.4. The number of fused-ring (bicyclic) bond motifs is 1. The number of nitrogens with zero attached hydrogens (tertiary/aromatic N) is 3. The van der Waals surface area contributed by atoms with Crippen LogP contribution in [-0.2, 0) is 11.2 Å². The lowest BCUT2D eigenvalue weighted by molar-refractivity contribution is -0.139. The van der Waals surface area contributed by atoms with E-state index in [0.717, 1.165) is 43.3 Å². The van der Waals surface area contributed by atoms with Gasteiger partial charge < -0.3 is 14.7 Å². The minimum Gasteiger partial charge on any atom is -0.497 e. The molecule has 0 amide bonds. The molecule has 0 bridgehead atoms. The quantitative estimate of drug-likeness (QED) is 0.341. The Labute approximate surface area is 214 Å². The van der Waals surface area contributed by atoms with Crippen molar-refractivity contribution < 1.29 is 23.4 Å². The fourth-order valence-corrected chi connectivity index (χ4v) is 5.95. The van der Waals surface area contributed by atoms with Crippen molar-refractivity contribution in [3.63, 3.8) is 0 Å². The van der Waals surface area contributed by atoms with Crippen LogP contribution in [0.2, 0.25) is 0 Å². The summed E-state index contributed by atoms with van der Waals surface area (Å²) in [4.78, 5) is 22.1. The Morgan fingerprint density at radius 2 is 2.08 bits per heavy atom. The first-order chi connectivity index (χ1) is 17.4. The minimum absolute atomic E-state index is 0.0342. The van der Waals surface area contributed by atoms with Crippen LogP contribution in [0.1, 0.15) is 31.2 Å². The number of halogens is 2. The molecule has 1 saturated heterocycles. The van der Waals surface area contributed by atoms with Gasteiger partial charge in [-0.3, -0.25) is 9.78 Å². The first-order valence-corrected chi connectivity index (χ1v) is 13.2. The number of aryl methyl sites for hydroxylation is 1. The lowest BCUT2D eigenvalue weighted by Crippen LogP contribution is -2.42. The molecular weight excluding hydrogens is 484 g/mol. The SMILES string of the molecule is COc1ccc2ncc(F)c(CCCC3CCN(CCSc4ncccc4F)CC3CC(=O)O)c2c1. The van der Waals surface area contributed by atoms with E-state index in [9.17, 15) is 18.7 Å². The number of pyridine rings is 2. The number of likely N-dealkylation sites (tertiary alicyclic amines) is 1. The van der Waals surface area contributed by atoms with E-state index in [1.165, 1.54) is 24.0 Å². The number of methoxy groups -OCH3 is 1. The maximum atomic E-state index is 14.7. The van der Waals surface area contributed by atoms with E-state index in [4.69, 9.17) is 4.74 Å². The first kappa shape index (κ1) is 26.3. The molecule has 6 nitrogen and oxygen atoms in total. The lowest BCUT2D eigenvalue weighted by atomic mass is 9.80. The van der Waals surface area contributed by atoms with Gasteiger partial charge in [0, 0.05) is 36.8 Å². The second-order valence-corrected chi connectivity index (χ2v) is 10.3. The zero-order valence-electron chi connectivity index (χ0n) is 20.3. The number of aliphatic carboxylic acids is 1. The van der Waals surface area contributed by atoms with Gasteiger partial charge in [-0.2, -0.15) is 0 Å². The second kappa shape index (κ2) is 12.5. The Hall–Kier alpha value is -2.78. The minimum atomic E-state index is -0.796. The maximum absolute atomic E-state index is 14.7. The molecule has 1 fully saturated rings. The van der Waals surface area contributed by atoms with Crippen LogP contribution in [0, 0.1) is 23.5 Å². The number of benzene rings is 1. The molecule has 0 aliphatic carbocycles. The van der Waals surface area contributed by atoms with E-state index in [1.54, 1.807) is 19.4 Å². The number of ether oxygens (including phenoxy) is 1. The first-order valence-electron chi connectivity index (χ1n) is 12.2. The monoisotopic (exact) mass is 515 g/mol. The summed E-state index contributed by atoms with van der Waals surface area (Å²) in [5.41, 5.74) is 1.36. The van der Waals surface area contributed by atoms with Crippen molar-refractivity contribution in [2.24, 2.45) is 11.8 Å². The van der Waals surface area contributed by atoms with Gasteiger partial charge >= 0.3 is 5.97 Å². The predicted molar refractivity (Wildman–Crippen MR) is 136 cm³/mol. The van der Waals surface area contributed by atoms with Crippen LogP contribution in [0.15, 0.2) is 47.8 Å². The molecule has 3 heterocycles. The highest BCUT2D eigenvalue weighted by Gasteiger charge is 2.30. The van der Waals surface area contributed by atoms with Crippen LogP contribution in [0.25, 0.3) is 10.9 Å². The van der Waals surface area contributed by atoms with Gasteiger partial charge in [0.05, 0.1) is 18.8 Å². The molecule has 2 atom stereocenters. The lowest BCUT2D eigenvalue weighted by Gasteiger charge is -2.38. The number of carbonyl (C=O) groups is 1. The van der Waals surface area contributed by atoms with E-state index in [0.29, 0.717) is 35.1 Å². The second-order valence-electron chi connectivity index (χ2n) is 9.21. The van der Waals surface area contributed by atoms with Crippen molar-refractivity contribution in [2.45, 2.75) is 37.1 Å². The molecule has 0 radical (unpaired) electrons. The molecule has 1 N–H and O–H groups in total. The van der Waals surface area contributed by atoms with Gasteiger partial charge in [-0.1, -0.05) is 0 Å². The van der Waals surface area contributed by atoms with Crippen LogP contribution in [0.3, 0.4) is 0 Å². The molecule has 4 rings (SSSR count). The summed E-state index contributed by atoms with van der Waals surface area (Å²) < 4.78 is 33.8. The van der Waals surface area contributed by atoms with Crippen LogP contribution in [0.5, 0.6) is 5.75 Å². The zero-order chi connectivity index (χ0) is 25.5. The van der Waals surface area contributed by atoms with Crippen LogP contribution in [0.4, 0.5) is 8.78 Å². The summed E-state index contributed by atoms with van der Waals surface area (Å²) in [6.45, 7) is 2.32. The number of rotatable bonds is 11. The van der Waals surface area contributed by atoms with Gasteiger partial charge in [0.15, 0.2) is 5.82 Å². The largest absolute Gasteiger partial charge is 0.497 e. The zero-order valence-corrected chi connectivity index (χ0v) is 21.1. The third kappa shape index (κ3) is 6.70. The molecule has 2 unspecified atom stereocenters. The number of thioether (sulfide) groups is 1. The Morgan fingerprint density at radius 1 is 1.22 bits per heavy atom. The van der Waals surface area contributed by atoms with Crippen LogP contribution in [-0.4, -0.2) is 58.4 Å². The van der Waals surface area contributed by atoms with Gasteiger partial charge in [-0.05, 0) is 80.0 Å². The summed E-state index contributed by atoms with van der Waals surface area (Å²) in [7, 11) is 1.58. The molecule has 1 aliphatic rings. The van der Waals surface area contributed by atoms with Crippen LogP contribution >= 0.6 is 11.8 Å². The van der Waals surface area contributed by atoms with Crippen molar-refractivity contribution in [3.8, 4) is 5.75 Å². The molecule has 3 aromatic rings. The number of hydrogen-bond donors (Lipinski definition) is 1. The fourth-order valence-electron chi connectivity index (χ4n) is 5.07. The average Bonchev–Trinajstić information content (AvgIpc) is 2.87. The van der Waals surface area contributed by atoms with E-state index in [2.05, 4.69) is 14.9 Å². The van der Waals surface area contributed by atoms with Crippen molar-refractivity contribution in [1.29, 1.82) is 0 Å². The van der Waals surface area contributed by atoms with Crippen molar-refractivity contribution in [1.82, 2.24) is 14.9 Å². The standard InChI is InChI=1S/C27H31F2N3O3S/c1-35-20-7-8-25-22(15-20)21(24(29)16-31-25)5-2-4-18-9-11-32(17-19(18)14-26(33)34)12-13-36-27-23(28)6-3-10-30-27/h3,6-8,10,15-16,18-19H,2,4-5,9,11-14,17H2,1H3,(H,33,34). The third-order valence-electron chi connectivity index (χ3n) is 6.92. The van der Waals surface area contributed by atoms with Crippen molar-refractivity contribution in [2.75, 3.05) is 32.5 Å². The number of aromatic nitrogens is 2. The molecule has 1 aromatic carbocycles. The van der Waals surface area contributed by atoms with E-state index in [-0.39, 0.29) is 29.9 Å². The van der Waals surface area contributed by atoms with Crippen molar-refractivity contribution in [3.05, 3.63) is 59.9 Å². The molecule has 0 saturated carbocycles. The average molecular weight is 516 g/mol. The van der Waals surface area contributed by atoms with Gasteiger partial charge in [0.2, 0.25) is 0 Å². The van der Waals surface area contributed by atoms with Crippen molar-refractivity contribution >= 4 is 28.6 Å². The van der Waals surface area contributed by atoms with E-state index >= 15 is 0 Å². The summed E-state index contributed by atoms with van der Waals surface area (Å²) in [5.74, 6) is 0.215. The Kier molecular flexibility index (Phi) is 9.09.